The summed E-state index contributed by atoms with van der Waals surface area (Å²) in [6, 6.07) is 17.1. The molecule has 0 aliphatic rings. The molecule has 0 unspecified atom stereocenters. The van der Waals surface area contributed by atoms with Crippen molar-refractivity contribution in [3.05, 3.63) is 76.7 Å². The fourth-order valence-corrected chi connectivity index (χ4v) is 3.85. The summed E-state index contributed by atoms with van der Waals surface area (Å²) in [4.78, 5) is 28.8. The van der Waals surface area contributed by atoms with E-state index in [0.29, 0.717) is 22.7 Å². The van der Waals surface area contributed by atoms with E-state index >= 15 is 0 Å². The van der Waals surface area contributed by atoms with Crippen LogP contribution < -0.4 is 0 Å². The Labute approximate surface area is 182 Å². The molecular weight excluding hydrogens is 414 g/mol. The van der Waals surface area contributed by atoms with Gasteiger partial charge in [0.1, 0.15) is 17.2 Å². The number of ether oxygens (including phenoxy) is 1. The summed E-state index contributed by atoms with van der Waals surface area (Å²) in [5, 5.41) is 0.614. The molecule has 0 amide bonds. The third-order valence-electron chi connectivity index (χ3n) is 5.22. The molecular formula is C23H18ClN5O2. The van der Waals surface area contributed by atoms with Gasteiger partial charge in [-0.15, -0.1) is 0 Å². The summed E-state index contributed by atoms with van der Waals surface area (Å²) in [5.74, 6) is 1.06. The maximum Gasteiger partial charge on any atom is 0.356 e. The number of benzene rings is 2. The average molecular weight is 432 g/mol. The Bertz CT molecular complexity index is 1420. The summed E-state index contributed by atoms with van der Waals surface area (Å²) < 4.78 is 6.72. The standard InChI is InChI=1S/C23H18ClN5O2/c1-13-25-19-9-10-20(23(30)31-2)28-22(19)29(13)12-15-8-7-14(11-16(15)24)21-26-17-5-3-4-6-18(17)27-21/h3-11H,12H2,1-2H3,(H,26,27). The second kappa shape index (κ2) is 7.52. The number of esters is 1. The van der Waals surface area contributed by atoms with Crippen LogP contribution in [0, 0.1) is 6.92 Å². The van der Waals surface area contributed by atoms with Gasteiger partial charge in [-0.05, 0) is 42.8 Å². The minimum Gasteiger partial charge on any atom is -0.464 e. The van der Waals surface area contributed by atoms with Crippen molar-refractivity contribution >= 4 is 39.8 Å². The van der Waals surface area contributed by atoms with Crippen LogP contribution >= 0.6 is 11.6 Å². The number of fused-ring (bicyclic) bond motifs is 2. The molecule has 5 rings (SSSR count). The number of carbonyl (C=O) groups is 1. The molecule has 8 heteroatoms. The van der Waals surface area contributed by atoms with E-state index in [2.05, 4.69) is 19.9 Å². The van der Waals surface area contributed by atoms with Gasteiger partial charge in [0.25, 0.3) is 0 Å². The first kappa shape index (κ1) is 19.3. The number of methoxy groups -OCH3 is 1. The van der Waals surface area contributed by atoms with Gasteiger partial charge in [0.2, 0.25) is 0 Å². The number of H-pyrrole nitrogens is 1. The van der Waals surface area contributed by atoms with E-state index in [1.807, 2.05) is 54.0 Å². The summed E-state index contributed by atoms with van der Waals surface area (Å²) in [6.07, 6.45) is 0. The monoisotopic (exact) mass is 431 g/mol. The number of nitrogens with one attached hydrogen (secondary N) is 1. The van der Waals surface area contributed by atoms with Crippen molar-refractivity contribution in [2.45, 2.75) is 13.5 Å². The lowest BCUT2D eigenvalue weighted by atomic mass is 10.1. The zero-order chi connectivity index (χ0) is 21.5. The molecule has 5 aromatic rings. The first-order valence-electron chi connectivity index (χ1n) is 9.69. The lowest BCUT2D eigenvalue weighted by molar-refractivity contribution is 0.0594. The molecule has 0 saturated carbocycles. The highest BCUT2D eigenvalue weighted by molar-refractivity contribution is 6.31. The van der Waals surface area contributed by atoms with Crippen molar-refractivity contribution < 1.29 is 9.53 Å². The Hall–Kier alpha value is -3.71. The summed E-state index contributed by atoms with van der Waals surface area (Å²) in [5.41, 5.74) is 5.26. The number of aromatic nitrogens is 5. The number of halogens is 1. The minimum atomic E-state index is -0.486. The number of carbonyl (C=O) groups excluding carboxylic acids is 1. The van der Waals surface area contributed by atoms with E-state index in [1.54, 1.807) is 12.1 Å². The minimum absolute atomic E-state index is 0.238. The van der Waals surface area contributed by atoms with E-state index in [-0.39, 0.29) is 5.69 Å². The van der Waals surface area contributed by atoms with Crippen LogP contribution in [0.15, 0.2) is 54.6 Å². The van der Waals surface area contributed by atoms with E-state index < -0.39 is 5.97 Å². The van der Waals surface area contributed by atoms with E-state index in [9.17, 15) is 4.79 Å². The fourth-order valence-electron chi connectivity index (χ4n) is 3.61. The Morgan fingerprint density at radius 3 is 2.68 bits per heavy atom. The van der Waals surface area contributed by atoms with Gasteiger partial charge in [0.05, 0.1) is 24.7 Å². The molecule has 3 aromatic heterocycles. The Morgan fingerprint density at radius 2 is 1.90 bits per heavy atom. The molecule has 1 N–H and O–H groups in total. The lowest BCUT2D eigenvalue weighted by Crippen LogP contribution is -2.07. The van der Waals surface area contributed by atoms with Crippen molar-refractivity contribution in [1.82, 2.24) is 24.5 Å². The smallest absolute Gasteiger partial charge is 0.356 e. The number of aromatic amines is 1. The summed E-state index contributed by atoms with van der Waals surface area (Å²) in [7, 11) is 1.33. The van der Waals surface area contributed by atoms with Gasteiger partial charge in [0.15, 0.2) is 11.3 Å². The zero-order valence-electron chi connectivity index (χ0n) is 16.9. The van der Waals surface area contributed by atoms with Gasteiger partial charge in [-0.2, -0.15) is 0 Å². The highest BCUT2D eigenvalue weighted by Gasteiger charge is 2.15. The third-order valence-corrected chi connectivity index (χ3v) is 5.57. The predicted octanol–water partition coefficient (Wildman–Crippen LogP) is 4.77. The second-order valence-corrected chi connectivity index (χ2v) is 7.59. The molecule has 0 bridgehead atoms. The number of rotatable bonds is 4. The molecule has 31 heavy (non-hydrogen) atoms. The van der Waals surface area contributed by atoms with Crippen LogP contribution in [0.25, 0.3) is 33.6 Å². The summed E-state index contributed by atoms with van der Waals surface area (Å²) >= 11 is 6.63. The van der Waals surface area contributed by atoms with Gasteiger partial charge < -0.3 is 14.3 Å². The number of imidazole rings is 2. The van der Waals surface area contributed by atoms with Crippen LogP contribution in [0.4, 0.5) is 0 Å². The van der Waals surface area contributed by atoms with E-state index in [1.165, 1.54) is 7.11 Å². The third kappa shape index (κ3) is 3.43. The molecule has 7 nitrogen and oxygen atoms in total. The largest absolute Gasteiger partial charge is 0.464 e. The topological polar surface area (TPSA) is 85.7 Å². The number of para-hydroxylation sites is 2. The molecule has 0 aliphatic carbocycles. The van der Waals surface area contributed by atoms with Gasteiger partial charge in [0, 0.05) is 10.6 Å². The molecule has 0 aliphatic heterocycles. The van der Waals surface area contributed by atoms with Crippen molar-refractivity contribution in [3.8, 4) is 11.4 Å². The molecule has 0 saturated heterocycles. The maximum atomic E-state index is 11.9. The van der Waals surface area contributed by atoms with Gasteiger partial charge in [-0.3, -0.25) is 0 Å². The van der Waals surface area contributed by atoms with Gasteiger partial charge in [-0.25, -0.2) is 19.7 Å². The highest BCUT2D eigenvalue weighted by atomic mass is 35.5. The number of aryl methyl sites for hydroxylation is 1. The van der Waals surface area contributed by atoms with Gasteiger partial charge >= 0.3 is 5.97 Å². The van der Waals surface area contributed by atoms with E-state index in [0.717, 1.165) is 33.8 Å². The zero-order valence-corrected chi connectivity index (χ0v) is 17.6. The van der Waals surface area contributed by atoms with Crippen molar-refractivity contribution in [2.75, 3.05) is 7.11 Å². The van der Waals surface area contributed by atoms with Gasteiger partial charge in [-0.1, -0.05) is 35.9 Å². The van der Waals surface area contributed by atoms with Crippen LogP contribution in [0.3, 0.4) is 0 Å². The Morgan fingerprint density at radius 1 is 1.06 bits per heavy atom. The van der Waals surface area contributed by atoms with Crippen molar-refractivity contribution in [1.29, 1.82) is 0 Å². The van der Waals surface area contributed by atoms with Crippen LogP contribution in [-0.2, 0) is 11.3 Å². The molecule has 0 atom stereocenters. The predicted molar refractivity (Wildman–Crippen MR) is 119 cm³/mol. The quantitative estimate of drug-likeness (QED) is 0.414. The number of pyridine rings is 1. The van der Waals surface area contributed by atoms with Crippen LogP contribution in [0.1, 0.15) is 21.9 Å². The van der Waals surface area contributed by atoms with Crippen LogP contribution in [0.5, 0.6) is 0 Å². The maximum absolute atomic E-state index is 11.9. The molecule has 154 valence electrons. The number of hydrogen-bond donors (Lipinski definition) is 1. The second-order valence-electron chi connectivity index (χ2n) is 7.18. The number of hydrogen-bond acceptors (Lipinski definition) is 5. The van der Waals surface area contributed by atoms with E-state index in [4.69, 9.17) is 16.3 Å². The molecule has 3 heterocycles. The first-order valence-corrected chi connectivity index (χ1v) is 10.1. The Kier molecular flexibility index (Phi) is 4.67. The number of nitrogens with zero attached hydrogens (tertiary/aromatic N) is 4. The summed E-state index contributed by atoms with van der Waals surface area (Å²) in [6.45, 7) is 2.37. The average Bonchev–Trinajstić information content (AvgIpc) is 3.35. The fraction of sp³-hybridized carbons (Fsp3) is 0.130. The molecule has 0 spiro atoms. The molecule has 2 aromatic carbocycles. The normalized spacial score (nSPS) is 11.3. The highest BCUT2D eigenvalue weighted by Crippen LogP contribution is 2.27. The SMILES string of the molecule is COC(=O)c1ccc2nc(C)n(Cc3ccc(-c4nc5ccccc5[nH]4)cc3Cl)c2n1. The van der Waals surface area contributed by atoms with Crippen molar-refractivity contribution in [3.63, 3.8) is 0 Å². The Balaban J connectivity index is 1.51. The molecule has 0 fully saturated rings. The molecule has 0 radical (unpaired) electrons. The lowest BCUT2D eigenvalue weighted by Gasteiger charge is -2.10. The van der Waals surface area contributed by atoms with Crippen molar-refractivity contribution in [2.24, 2.45) is 0 Å². The van der Waals surface area contributed by atoms with Crippen LogP contribution in [-0.4, -0.2) is 37.6 Å². The van der Waals surface area contributed by atoms with Crippen LogP contribution in [0.2, 0.25) is 5.02 Å². The first-order chi connectivity index (χ1) is 15.0.